The summed E-state index contributed by atoms with van der Waals surface area (Å²) in [5.41, 5.74) is 7.59. The Hall–Kier alpha value is -2.73. The van der Waals surface area contributed by atoms with Crippen LogP contribution in [0.1, 0.15) is 27.4 Å². The van der Waals surface area contributed by atoms with Crippen molar-refractivity contribution in [3.05, 3.63) is 75.3 Å². The second kappa shape index (κ2) is 7.03. The standard InChI is InChI=1S/C19H21N3O3/c1-13-6-5-9-16(18(13)22(24)25)19(23)21-11-15(10-20)17(12-21)14-7-3-2-4-8-14/h2-9,15,17H,10-12,20H2,1H3/t15-,17+/m1/s1. The van der Waals surface area contributed by atoms with Gasteiger partial charge in [-0.05, 0) is 31.0 Å². The van der Waals surface area contributed by atoms with Crippen molar-refractivity contribution in [1.82, 2.24) is 4.90 Å². The van der Waals surface area contributed by atoms with Crippen LogP contribution in [-0.4, -0.2) is 35.4 Å². The lowest BCUT2D eigenvalue weighted by molar-refractivity contribution is -0.385. The van der Waals surface area contributed by atoms with Crippen LogP contribution in [0.3, 0.4) is 0 Å². The van der Waals surface area contributed by atoms with Crippen molar-refractivity contribution in [3.63, 3.8) is 0 Å². The number of rotatable bonds is 4. The second-order valence-electron chi connectivity index (χ2n) is 6.45. The van der Waals surface area contributed by atoms with E-state index in [-0.39, 0.29) is 29.0 Å². The summed E-state index contributed by atoms with van der Waals surface area (Å²) in [6.45, 7) is 3.16. The largest absolute Gasteiger partial charge is 0.337 e. The molecule has 1 amide bonds. The van der Waals surface area contributed by atoms with Gasteiger partial charge >= 0.3 is 0 Å². The molecule has 0 radical (unpaired) electrons. The number of hydrogen-bond donors (Lipinski definition) is 1. The molecule has 2 aromatic carbocycles. The topological polar surface area (TPSA) is 89.5 Å². The van der Waals surface area contributed by atoms with Gasteiger partial charge in [-0.1, -0.05) is 42.5 Å². The lowest BCUT2D eigenvalue weighted by Gasteiger charge is -2.17. The summed E-state index contributed by atoms with van der Waals surface area (Å²) in [4.78, 5) is 25.5. The highest BCUT2D eigenvalue weighted by Crippen LogP contribution is 2.34. The molecule has 2 N–H and O–H groups in total. The van der Waals surface area contributed by atoms with E-state index < -0.39 is 4.92 Å². The summed E-state index contributed by atoms with van der Waals surface area (Å²) in [6.07, 6.45) is 0. The van der Waals surface area contributed by atoms with E-state index in [1.807, 2.05) is 30.3 Å². The van der Waals surface area contributed by atoms with Gasteiger partial charge < -0.3 is 10.6 Å². The molecule has 1 heterocycles. The highest BCUT2D eigenvalue weighted by Gasteiger charge is 2.37. The lowest BCUT2D eigenvalue weighted by atomic mass is 9.89. The fourth-order valence-electron chi connectivity index (χ4n) is 3.60. The van der Waals surface area contributed by atoms with Crippen molar-refractivity contribution in [3.8, 4) is 0 Å². The van der Waals surface area contributed by atoms with Crippen molar-refractivity contribution in [2.24, 2.45) is 11.7 Å². The van der Waals surface area contributed by atoms with Gasteiger partial charge in [-0.3, -0.25) is 14.9 Å². The van der Waals surface area contributed by atoms with E-state index in [0.717, 1.165) is 5.56 Å². The van der Waals surface area contributed by atoms with E-state index in [2.05, 4.69) is 0 Å². The number of likely N-dealkylation sites (tertiary alicyclic amines) is 1. The van der Waals surface area contributed by atoms with Crippen molar-refractivity contribution in [1.29, 1.82) is 0 Å². The number of aryl methyl sites for hydroxylation is 1. The van der Waals surface area contributed by atoms with Gasteiger partial charge in [0.2, 0.25) is 0 Å². The first-order valence-electron chi connectivity index (χ1n) is 8.31. The Labute approximate surface area is 146 Å². The third-order valence-electron chi connectivity index (χ3n) is 4.91. The summed E-state index contributed by atoms with van der Waals surface area (Å²) >= 11 is 0. The zero-order chi connectivity index (χ0) is 18.0. The van der Waals surface area contributed by atoms with Crippen LogP contribution in [0.25, 0.3) is 0 Å². The molecular weight excluding hydrogens is 318 g/mol. The minimum atomic E-state index is -0.478. The molecule has 25 heavy (non-hydrogen) atoms. The van der Waals surface area contributed by atoms with E-state index >= 15 is 0 Å². The maximum absolute atomic E-state index is 12.9. The molecule has 3 rings (SSSR count). The summed E-state index contributed by atoms with van der Waals surface area (Å²) < 4.78 is 0. The third-order valence-corrected chi connectivity index (χ3v) is 4.91. The Morgan fingerprint density at radius 3 is 2.56 bits per heavy atom. The molecule has 0 aromatic heterocycles. The van der Waals surface area contributed by atoms with Crippen LogP contribution in [0.5, 0.6) is 0 Å². The van der Waals surface area contributed by atoms with E-state index in [9.17, 15) is 14.9 Å². The number of hydrogen-bond acceptors (Lipinski definition) is 4. The molecule has 6 heteroatoms. The van der Waals surface area contributed by atoms with Crippen LogP contribution in [0, 0.1) is 23.0 Å². The highest BCUT2D eigenvalue weighted by atomic mass is 16.6. The normalized spacial score (nSPS) is 19.8. The second-order valence-corrected chi connectivity index (χ2v) is 6.45. The summed E-state index contributed by atoms with van der Waals surface area (Å²) in [5, 5.41) is 11.4. The number of carbonyl (C=O) groups is 1. The van der Waals surface area contributed by atoms with Gasteiger partial charge in [0.05, 0.1) is 4.92 Å². The minimum Gasteiger partial charge on any atom is -0.337 e. The lowest BCUT2D eigenvalue weighted by Crippen LogP contribution is -2.30. The number of nitrogens with zero attached hydrogens (tertiary/aromatic N) is 2. The number of amides is 1. The van der Waals surface area contributed by atoms with Gasteiger partial charge in [0.25, 0.3) is 11.6 Å². The van der Waals surface area contributed by atoms with Crippen molar-refractivity contribution in [2.45, 2.75) is 12.8 Å². The fourth-order valence-corrected chi connectivity index (χ4v) is 3.60. The number of nitro benzene ring substituents is 1. The van der Waals surface area contributed by atoms with E-state index in [1.54, 1.807) is 24.0 Å². The van der Waals surface area contributed by atoms with Crippen molar-refractivity contribution >= 4 is 11.6 Å². The monoisotopic (exact) mass is 339 g/mol. The predicted molar refractivity (Wildman–Crippen MR) is 95.5 cm³/mol. The predicted octanol–water partition coefficient (Wildman–Crippen LogP) is 2.72. The molecule has 1 aliphatic rings. The van der Waals surface area contributed by atoms with E-state index in [0.29, 0.717) is 25.2 Å². The van der Waals surface area contributed by atoms with E-state index in [1.165, 1.54) is 6.07 Å². The van der Waals surface area contributed by atoms with Gasteiger partial charge in [0.1, 0.15) is 5.56 Å². The molecule has 6 nitrogen and oxygen atoms in total. The minimum absolute atomic E-state index is 0.111. The van der Waals surface area contributed by atoms with Crippen molar-refractivity contribution in [2.75, 3.05) is 19.6 Å². The molecule has 2 aromatic rings. The van der Waals surface area contributed by atoms with Gasteiger partial charge in [-0.2, -0.15) is 0 Å². The molecule has 0 bridgehead atoms. The Balaban J connectivity index is 1.90. The van der Waals surface area contributed by atoms with Crippen molar-refractivity contribution < 1.29 is 9.72 Å². The quantitative estimate of drug-likeness (QED) is 0.685. The first-order valence-corrected chi connectivity index (χ1v) is 8.31. The van der Waals surface area contributed by atoms with Crippen LogP contribution in [0.2, 0.25) is 0 Å². The molecule has 0 aliphatic carbocycles. The molecule has 1 fully saturated rings. The van der Waals surface area contributed by atoms with Crippen LogP contribution >= 0.6 is 0 Å². The fraction of sp³-hybridized carbons (Fsp3) is 0.316. The maximum Gasteiger partial charge on any atom is 0.285 e. The Bertz CT molecular complexity index is 792. The number of nitro groups is 1. The summed E-state index contributed by atoms with van der Waals surface area (Å²) in [5.74, 6) is 0.00140. The van der Waals surface area contributed by atoms with Gasteiger partial charge in [0, 0.05) is 24.6 Å². The molecule has 130 valence electrons. The number of para-hydroxylation sites is 1. The molecule has 1 aliphatic heterocycles. The van der Waals surface area contributed by atoms with Crippen LogP contribution < -0.4 is 5.73 Å². The average molecular weight is 339 g/mol. The van der Waals surface area contributed by atoms with Crippen LogP contribution in [-0.2, 0) is 0 Å². The Morgan fingerprint density at radius 1 is 1.20 bits per heavy atom. The first kappa shape index (κ1) is 17.1. The summed E-state index contributed by atoms with van der Waals surface area (Å²) in [6, 6.07) is 14.8. The maximum atomic E-state index is 12.9. The Morgan fingerprint density at radius 2 is 1.92 bits per heavy atom. The Kier molecular flexibility index (Phi) is 4.81. The molecular formula is C19H21N3O3. The number of nitrogens with two attached hydrogens (primary N) is 1. The number of carbonyl (C=O) groups excluding carboxylic acids is 1. The molecule has 2 atom stereocenters. The zero-order valence-electron chi connectivity index (χ0n) is 14.1. The molecule has 0 spiro atoms. The number of benzene rings is 2. The zero-order valence-corrected chi connectivity index (χ0v) is 14.1. The highest BCUT2D eigenvalue weighted by molar-refractivity contribution is 5.98. The van der Waals surface area contributed by atoms with Gasteiger partial charge in [-0.15, -0.1) is 0 Å². The average Bonchev–Trinajstić information content (AvgIpc) is 3.05. The SMILES string of the molecule is Cc1cccc(C(=O)N2C[C@@H](CN)[C@H](c3ccccc3)C2)c1[N+](=O)[O-]. The van der Waals surface area contributed by atoms with Crippen LogP contribution in [0.15, 0.2) is 48.5 Å². The molecule has 0 unspecified atom stereocenters. The summed E-state index contributed by atoms with van der Waals surface area (Å²) in [7, 11) is 0. The molecule has 1 saturated heterocycles. The third kappa shape index (κ3) is 3.25. The van der Waals surface area contributed by atoms with Crippen LogP contribution in [0.4, 0.5) is 5.69 Å². The van der Waals surface area contributed by atoms with Gasteiger partial charge in [0.15, 0.2) is 0 Å². The molecule has 0 saturated carbocycles. The smallest absolute Gasteiger partial charge is 0.285 e. The van der Waals surface area contributed by atoms with Gasteiger partial charge in [-0.25, -0.2) is 0 Å². The van der Waals surface area contributed by atoms with E-state index in [4.69, 9.17) is 5.73 Å². The first-order chi connectivity index (χ1) is 12.0.